The van der Waals surface area contributed by atoms with Crippen molar-refractivity contribution in [2.75, 3.05) is 0 Å². The Morgan fingerprint density at radius 1 is 1.12 bits per heavy atom. The Labute approximate surface area is 94.2 Å². The lowest BCUT2D eigenvalue weighted by Gasteiger charge is -2.07. The van der Waals surface area contributed by atoms with E-state index in [2.05, 4.69) is 16.3 Å². The molecule has 82 valence electrons. The molecule has 0 amide bonds. The van der Waals surface area contributed by atoms with Crippen molar-refractivity contribution < 1.29 is 0 Å². The Morgan fingerprint density at radius 2 is 1.88 bits per heavy atom. The van der Waals surface area contributed by atoms with E-state index in [1.165, 1.54) is 5.56 Å². The predicted molar refractivity (Wildman–Crippen MR) is 64.5 cm³/mol. The number of hydrogen-bond donors (Lipinski definition) is 1. The van der Waals surface area contributed by atoms with Crippen molar-refractivity contribution in [1.82, 2.24) is 10.2 Å². The Kier molecular flexibility index (Phi) is 2.60. The molecule has 0 spiro atoms. The maximum absolute atomic E-state index is 11.4. The summed E-state index contributed by atoms with van der Waals surface area (Å²) in [5.41, 5.74) is 4.62. The number of hydrogen-bond acceptors (Lipinski definition) is 2. The Balaban J connectivity index is 2.66. The van der Waals surface area contributed by atoms with Crippen LogP contribution in [0.15, 0.2) is 29.1 Å². The number of aryl methyl sites for hydroxylation is 1. The van der Waals surface area contributed by atoms with E-state index in [1.807, 2.05) is 39.0 Å². The minimum Gasteiger partial charge on any atom is -0.268 e. The Bertz CT molecular complexity index is 585. The molecule has 0 saturated carbocycles. The smallest absolute Gasteiger partial charge is 0.267 e. The van der Waals surface area contributed by atoms with Crippen molar-refractivity contribution in [1.29, 1.82) is 0 Å². The molecule has 16 heavy (non-hydrogen) atoms. The van der Waals surface area contributed by atoms with Gasteiger partial charge in [0.2, 0.25) is 0 Å². The molecule has 1 heterocycles. The Morgan fingerprint density at radius 3 is 2.56 bits per heavy atom. The molecule has 0 atom stereocenters. The molecule has 0 unspecified atom stereocenters. The fourth-order valence-electron chi connectivity index (χ4n) is 1.70. The summed E-state index contributed by atoms with van der Waals surface area (Å²) in [6.45, 7) is 5.78. The molecule has 0 aliphatic heterocycles. The molecular formula is C13H14N2O. The zero-order chi connectivity index (χ0) is 11.7. The number of H-pyrrole nitrogens is 1. The standard InChI is InChI=1S/C13H14N2O/c1-8-5-4-6-11(7-8)12-9(2)10(3)13(16)15-14-12/h4-7H,1-3H3,(H,15,16). The van der Waals surface area contributed by atoms with Crippen molar-refractivity contribution in [3.8, 4) is 11.3 Å². The zero-order valence-electron chi connectivity index (χ0n) is 9.66. The van der Waals surface area contributed by atoms with E-state index in [0.717, 1.165) is 22.4 Å². The lowest BCUT2D eigenvalue weighted by atomic mass is 10.0. The molecule has 0 saturated heterocycles. The first-order valence-corrected chi connectivity index (χ1v) is 5.22. The van der Waals surface area contributed by atoms with E-state index in [9.17, 15) is 4.79 Å². The topological polar surface area (TPSA) is 45.8 Å². The van der Waals surface area contributed by atoms with Gasteiger partial charge in [-0.3, -0.25) is 4.79 Å². The highest BCUT2D eigenvalue weighted by Crippen LogP contribution is 2.21. The molecule has 0 aliphatic rings. The van der Waals surface area contributed by atoms with Crippen molar-refractivity contribution in [3.63, 3.8) is 0 Å². The summed E-state index contributed by atoms with van der Waals surface area (Å²) < 4.78 is 0. The van der Waals surface area contributed by atoms with Gasteiger partial charge < -0.3 is 0 Å². The number of rotatable bonds is 1. The van der Waals surface area contributed by atoms with Gasteiger partial charge in [-0.25, -0.2) is 5.10 Å². The van der Waals surface area contributed by atoms with Gasteiger partial charge in [-0.15, -0.1) is 0 Å². The zero-order valence-corrected chi connectivity index (χ0v) is 9.66. The van der Waals surface area contributed by atoms with E-state index in [1.54, 1.807) is 0 Å². The third-order valence-corrected chi connectivity index (χ3v) is 2.82. The van der Waals surface area contributed by atoms with Crippen LogP contribution in [0, 0.1) is 20.8 Å². The third-order valence-electron chi connectivity index (χ3n) is 2.82. The molecule has 1 aromatic heterocycles. The summed E-state index contributed by atoms with van der Waals surface area (Å²) in [5, 5.41) is 6.63. The van der Waals surface area contributed by atoms with Crippen molar-refractivity contribution >= 4 is 0 Å². The second kappa shape index (κ2) is 3.93. The van der Waals surface area contributed by atoms with Crippen LogP contribution in [0.2, 0.25) is 0 Å². The normalized spacial score (nSPS) is 10.4. The van der Waals surface area contributed by atoms with Crippen molar-refractivity contribution in [2.24, 2.45) is 0 Å². The summed E-state index contributed by atoms with van der Waals surface area (Å²) in [5.74, 6) is 0. The van der Waals surface area contributed by atoms with Gasteiger partial charge in [0.15, 0.2) is 0 Å². The predicted octanol–water partition coefficient (Wildman–Crippen LogP) is 2.36. The van der Waals surface area contributed by atoms with E-state index in [4.69, 9.17) is 0 Å². The van der Waals surface area contributed by atoms with E-state index >= 15 is 0 Å². The van der Waals surface area contributed by atoms with Crippen LogP contribution >= 0.6 is 0 Å². The van der Waals surface area contributed by atoms with Crippen LogP contribution < -0.4 is 5.56 Å². The van der Waals surface area contributed by atoms with Gasteiger partial charge in [0.1, 0.15) is 0 Å². The van der Waals surface area contributed by atoms with Gasteiger partial charge >= 0.3 is 0 Å². The van der Waals surface area contributed by atoms with Gasteiger partial charge in [0.05, 0.1) is 5.69 Å². The Hall–Kier alpha value is -1.90. The highest BCUT2D eigenvalue weighted by Gasteiger charge is 2.08. The fourth-order valence-corrected chi connectivity index (χ4v) is 1.70. The average molecular weight is 214 g/mol. The van der Waals surface area contributed by atoms with E-state index in [0.29, 0.717) is 0 Å². The van der Waals surface area contributed by atoms with Gasteiger partial charge in [0.25, 0.3) is 5.56 Å². The van der Waals surface area contributed by atoms with Crippen LogP contribution in [0.25, 0.3) is 11.3 Å². The molecule has 2 aromatic rings. The number of nitrogens with one attached hydrogen (secondary N) is 1. The van der Waals surface area contributed by atoms with E-state index < -0.39 is 0 Å². The molecule has 0 fully saturated rings. The molecule has 0 radical (unpaired) electrons. The summed E-state index contributed by atoms with van der Waals surface area (Å²) in [6, 6.07) is 8.09. The lowest BCUT2D eigenvalue weighted by Crippen LogP contribution is -2.14. The lowest BCUT2D eigenvalue weighted by molar-refractivity contribution is 0.958. The molecule has 0 aliphatic carbocycles. The highest BCUT2D eigenvalue weighted by molar-refractivity contribution is 5.63. The molecular weight excluding hydrogens is 200 g/mol. The quantitative estimate of drug-likeness (QED) is 0.792. The monoisotopic (exact) mass is 214 g/mol. The van der Waals surface area contributed by atoms with E-state index in [-0.39, 0.29) is 5.56 Å². The first-order chi connectivity index (χ1) is 7.59. The van der Waals surface area contributed by atoms with Crippen LogP contribution in [0.3, 0.4) is 0 Å². The number of benzene rings is 1. The summed E-state index contributed by atoms with van der Waals surface area (Å²) in [4.78, 5) is 11.4. The second-order valence-electron chi connectivity index (χ2n) is 4.02. The van der Waals surface area contributed by atoms with Gasteiger partial charge in [-0.05, 0) is 32.4 Å². The molecule has 3 nitrogen and oxygen atoms in total. The molecule has 2 rings (SSSR count). The van der Waals surface area contributed by atoms with Crippen LogP contribution in [0.1, 0.15) is 16.7 Å². The minimum absolute atomic E-state index is 0.117. The third kappa shape index (κ3) is 1.76. The maximum Gasteiger partial charge on any atom is 0.267 e. The first-order valence-electron chi connectivity index (χ1n) is 5.22. The molecule has 3 heteroatoms. The van der Waals surface area contributed by atoms with Gasteiger partial charge in [-0.2, -0.15) is 5.10 Å². The fraction of sp³-hybridized carbons (Fsp3) is 0.231. The van der Waals surface area contributed by atoms with Crippen LogP contribution in [0.4, 0.5) is 0 Å². The average Bonchev–Trinajstić information content (AvgIpc) is 2.26. The van der Waals surface area contributed by atoms with Crippen molar-refractivity contribution in [2.45, 2.75) is 20.8 Å². The largest absolute Gasteiger partial charge is 0.268 e. The molecule has 1 N–H and O–H groups in total. The second-order valence-corrected chi connectivity index (χ2v) is 4.02. The number of aromatic amines is 1. The number of nitrogens with zero attached hydrogens (tertiary/aromatic N) is 1. The van der Waals surface area contributed by atoms with Crippen LogP contribution in [-0.2, 0) is 0 Å². The SMILES string of the molecule is Cc1cccc(-c2n[nH]c(=O)c(C)c2C)c1. The molecule has 1 aromatic carbocycles. The summed E-state index contributed by atoms with van der Waals surface area (Å²) in [6.07, 6.45) is 0. The van der Waals surface area contributed by atoms with Crippen molar-refractivity contribution in [3.05, 3.63) is 51.3 Å². The first kappa shape index (κ1) is 10.6. The van der Waals surface area contributed by atoms with Crippen LogP contribution in [-0.4, -0.2) is 10.2 Å². The maximum atomic E-state index is 11.4. The molecule has 0 bridgehead atoms. The van der Waals surface area contributed by atoms with Gasteiger partial charge in [-0.1, -0.05) is 23.8 Å². The minimum atomic E-state index is -0.117. The van der Waals surface area contributed by atoms with Gasteiger partial charge in [0, 0.05) is 11.1 Å². The summed E-state index contributed by atoms with van der Waals surface area (Å²) >= 11 is 0. The van der Waals surface area contributed by atoms with Crippen LogP contribution in [0.5, 0.6) is 0 Å². The highest BCUT2D eigenvalue weighted by atomic mass is 16.1. The number of aromatic nitrogens is 2. The summed E-state index contributed by atoms with van der Waals surface area (Å²) in [7, 11) is 0.